The standard InChI is InChI=1S/C19H20N6OS/c1-4-6-16-17(27)18(24-19(23-16)20-10-12(3)26-5-2)22-14-7-8-15-13(9-14)11-21-25-15/h4-9,11,27H,2-3,10H2,1H3,(H,21,25)(H2,20,22,23,24)/b6-4-. The normalized spacial score (nSPS) is 10.9. The van der Waals surface area contributed by atoms with Gasteiger partial charge in [-0.15, -0.1) is 12.6 Å². The first kappa shape index (κ1) is 18.5. The van der Waals surface area contributed by atoms with E-state index in [2.05, 4.69) is 56.6 Å². The van der Waals surface area contributed by atoms with E-state index in [1.165, 1.54) is 6.26 Å². The Morgan fingerprint density at radius 2 is 2.22 bits per heavy atom. The van der Waals surface area contributed by atoms with Gasteiger partial charge < -0.3 is 15.4 Å². The molecule has 0 aliphatic carbocycles. The Morgan fingerprint density at radius 1 is 1.37 bits per heavy atom. The highest BCUT2D eigenvalue weighted by molar-refractivity contribution is 7.80. The van der Waals surface area contributed by atoms with Crippen molar-refractivity contribution in [2.24, 2.45) is 0 Å². The summed E-state index contributed by atoms with van der Waals surface area (Å²) in [6.07, 6.45) is 6.86. The zero-order valence-corrected chi connectivity index (χ0v) is 15.8. The molecule has 3 rings (SSSR count). The van der Waals surface area contributed by atoms with Crippen LogP contribution in [0.15, 0.2) is 60.5 Å². The summed E-state index contributed by atoms with van der Waals surface area (Å²) in [6, 6.07) is 5.88. The predicted molar refractivity (Wildman–Crippen MR) is 112 cm³/mol. The van der Waals surface area contributed by atoms with Gasteiger partial charge in [0.05, 0.1) is 35.1 Å². The van der Waals surface area contributed by atoms with E-state index in [9.17, 15) is 0 Å². The van der Waals surface area contributed by atoms with Crippen LogP contribution in [0.4, 0.5) is 17.5 Å². The molecule has 2 heterocycles. The molecule has 27 heavy (non-hydrogen) atoms. The number of aromatic nitrogens is 4. The van der Waals surface area contributed by atoms with Crippen molar-refractivity contribution in [2.75, 3.05) is 17.2 Å². The van der Waals surface area contributed by atoms with Crippen LogP contribution in [-0.4, -0.2) is 26.7 Å². The van der Waals surface area contributed by atoms with Crippen molar-refractivity contribution in [3.8, 4) is 0 Å². The first-order valence-corrected chi connectivity index (χ1v) is 8.68. The monoisotopic (exact) mass is 380 g/mol. The van der Waals surface area contributed by atoms with Crippen molar-refractivity contribution in [2.45, 2.75) is 11.8 Å². The SMILES string of the molecule is C=COC(=C)CNc1nc(/C=C\C)c(S)c(Nc2ccc3[nH]ncc3c2)n1. The number of nitrogens with one attached hydrogen (secondary N) is 3. The van der Waals surface area contributed by atoms with Gasteiger partial charge in [-0.25, -0.2) is 4.98 Å². The second-order valence-corrected chi connectivity index (χ2v) is 6.05. The lowest BCUT2D eigenvalue weighted by Crippen LogP contribution is -2.10. The third kappa shape index (κ3) is 4.48. The summed E-state index contributed by atoms with van der Waals surface area (Å²) in [7, 11) is 0. The van der Waals surface area contributed by atoms with E-state index in [4.69, 9.17) is 4.74 Å². The zero-order valence-electron chi connectivity index (χ0n) is 14.9. The highest BCUT2D eigenvalue weighted by Crippen LogP contribution is 2.28. The van der Waals surface area contributed by atoms with Gasteiger partial charge in [-0.1, -0.05) is 19.2 Å². The predicted octanol–water partition coefficient (Wildman–Crippen LogP) is 4.50. The molecule has 0 unspecified atom stereocenters. The van der Waals surface area contributed by atoms with Crippen LogP contribution in [0, 0.1) is 0 Å². The molecule has 0 aliphatic rings. The van der Waals surface area contributed by atoms with Crippen LogP contribution in [0.2, 0.25) is 0 Å². The number of thiol groups is 1. The van der Waals surface area contributed by atoms with E-state index >= 15 is 0 Å². The summed E-state index contributed by atoms with van der Waals surface area (Å²) in [5, 5.41) is 14.3. The first-order chi connectivity index (χ1) is 13.1. The van der Waals surface area contributed by atoms with E-state index in [0.29, 0.717) is 34.7 Å². The second kappa shape index (κ2) is 8.41. The average molecular weight is 380 g/mol. The van der Waals surface area contributed by atoms with Gasteiger partial charge in [0.2, 0.25) is 5.95 Å². The lowest BCUT2D eigenvalue weighted by Gasteiger charge is -2.13. The Hall–Kier alpha value is -3.26. The smallest absolute Gasteiger partial charge is 0.225 e. The van der Waals surface area contributed by atoms with Gasteiger partial charge in [-0.2, -0.15) is 10.1 Å². The Morgan fingerprint density at radius 3 is 3.00 bits per heavy atom. The quantitative estimate of drug-likeness (QED) is 0.340. The van der Waals surface area contributed by atoms with Gasteiger partial charge in [-0.05, 0) is 31.2 Å². The fourth-order valence-electron chi connectivity index (χ4n) is 2.41. The zero-order chi connectivity index (χ0) is 19.2. The third-order valence-corrected chi connectivity index (χ3v) is 4.07. The molecule has 0 radical (unpaired) electrons. The van der Waals surface area contributed by atoms with Crippen LogP contribution in [0.5, 0.6) is 0 Å². The number of anilines is 3. The maximum atomic E-state index is 5.12. The molecule has 0 fully saturated rings. The van der Waals surface area contributed by atoms with Crippen molar-refractivity contribution in [1.82, 2.24) is 20.2 Å². The van der Waals surface area contributed by atoms with Gasteiger partial charge >= 0.3 is 0 Å². The van der Waals surface area contributed by atoms with Crippen LogP contribution < -0.4 is 10.6 Å². The van der Waals surface area contributed by atoms with Crippen molar-refractivity contribution in [1.29, 1.82) is 0 Å². The molecule has 3 N–H and O–H groups in total. The Labute approximate surface area is 162 Å². The van der Waals surface area contributed by atoms with Crippen LogP contribution in [0.1, 0.15) is 12.6 Å². The van der Waals surface area contributed by atoms with Gasteiger partial charge in [0, 0.05) is 11.1 Å². The molecule has 2 aromatic heterocycles. The molecule has 0 saturated heterocycles. The molecular formula is C19H20N6OS. The highest BCUT2D eigenvalue weighted by Gasteiger charge is 2.11. The second-order valence-electron chi connectivity index (χ2n) is 5.60. The van der Waals surface area contributed by atoms with E-state index in [1.807, 2.05) is 37.3 Å². The Bertz CT molecular complexity index is 1010. The van der Waals surface area contributed by atoms with E-state index in [-0.39, 0.29) is 0 Å². The Kier molecular flexibility index (Phi) is 5.77. The summed E-state index contributed by atoms with van der Waals surface area (Å²) < 4.78 is 5.12. The molecule has 0 saturated carbocycles. The van der Waals surface area contributed by atoms with Gasteiger partial charge in [-0.3, -0.25) is 5.10 Å². The third-order valence-electron chi connectivity index (χ3n) is 3.63. The number of nitrogens with zero attached hydrogens (tertiary/aromatic N) is 3. The van der Waals surface area contributed by atoms with E-state index in [0.717, 1.165) is 16.6 Å². The number of allylic oxidation sites excluding steroid dienone is 1. The summed E-state index contributed by atoms with van der Waals surface area (Å²) >= 11 is 4.59. The average Bonchev–Trinajstić information content (AvgIpc) is 3.12. The lowest BCUT2D eigenvalue weighted by atomic mass is 10.2. The molecule has 3 aromatic rings. The molecule has 7 nitrogen and oxygen atoms in total. The number of H-pyrrole nitrogens is 1. The van der Waals surface area contributed by atoms with Crippen molar-refractivity contribution < 1.29 is 4.74 Å². The van der Waals surface area contributed by atoms with Gasteiger partial charge in [0.25, 0.3) is 0 Å². The molecule has 0 amide bonds. The highest BCUT2D eigenvalue weighted by atomic mass is 32.1. The van der Waals surface area contributed by atoms with Crippen molar-refractivity contribution >= 4 is 47.1 Å². The maximum Gasteiger partial charge on any atom is 0.225 e. The number of aromatic amines is 1. The molecule has 1 aromatic carbocycles. The summed E-state index contributed by atoms with van der Waals surface area (Å²) in [5.74, 6) is 1.53. The summed E-state index contributed by atoms with van der Waals surface area (Å²) in [6.45, 7) is 9.56. The van der Waals surface area contributed by atoms with Crippen LogP contribution in [0.25, 0.3) is 17.0 Å². The molecule has 0 bridgehead atoms. The van der Waals surface area contributed by atoms with Crippen molar-refractivity contribution in [3.63, 3.8) is 0 Å². The van der Waals surface area contributed by atoms with E-state index < -0.39 is 0 Å². The number of rotatable bonds is 8. The molecule has 0 aliphatic heterocycles. The molecule has 138 valence electrons. The number of hydrogen-bond donors (Lipinski definition) is 4. The topological polar surface area (TPSA) is 87.8 Å². The Balaban J connectivity index is 1.89. The molecular weight excluding hydrogens is 360 g/mol. The number of ether oxygens (including phenoxy) is 1. The van der Waals surface area contributed by atoms with E-state index in [1.54, 1.807) is 6.20 Å². The van der Waals surface area contributed by atoms with Crippen molar-refractivity contribution in [3.05, 3.63) is 61.3 Å². The fraction of sp³-hybridized carbons (Fsp3) is 0.105. The minimum Gasteiger partial charge on any atom is -0.469 e. The van der Waals surface area contributed by atoms with Crippen LogP contribution >= 0.6 is 12.6 Å². The minimum absolute atomic E-state index is 0.355. The minimum atomic E-state index is 0.355. The summed E-state index contributed by atoms with van der Waals surface area (Å²) in [5.41, 5.74) is 2.53. The first-order valence-electron chi connectivity index (χ1n) is 8.23. The lowest BCUT2D eigenvalue weighted by molar-refractivity contribution is 0.352. The fourth-order valence-corrected chi connectivity index (χ4v) is 2.64. The largest absolute Gasteiger partial charge is 0.469 e. The molecule has 0 atom stereocenters. The van der Waals surface area contributed by atoms with Gasteiger partial charge in [0.15, 0.2) is 0 Å². The number of fused-ring (bicyclic) bond motifs is 1. The number of hydrogen-bond acceptors (Lipinski definition) is 7. The summed E-state index contributed by atoms with van der Waals surface area (Å²) in [4.78, 5) is 9.64. The molecule has 8 heteroatoms. The van der Waals surface area contributed by atoms with Crippen LogP contribution in [-0.2, 0) is 4.74 Å². The maximum absolute atomic E-state index is 5.12. The van der Waals surface area contributed by atoms with Crippen LogP contribution in [0.3, 0.4) is 0 Å². The molecule has 0 spiro atoms. The van der Waals surface area contributed by atoms with Gasteiger partial charge in [0.1, 0.15) is 11.6 Å². The number of benzene rings is 1.